The van der Waals surface area contributed by atoms with E-state index in [1.54, 1.807) is 50.4 Å². The maximum absolute atomic E-state index is 13.3. The molecule has 1 atom stereocenters. The zero-order chi connectivity index (χ0) is 26.9. The van der Waals surface area contributed by atoms with Crippen LogP contribution in [0.5, 0.6) is 11.5 Å². The third-order valence-electron chi connectivity index (χ3n) is 5.62. The van der Waals surface area contributed by atoms with Crippen molar-refractivity contribution < 1.29 is 27.5 Å². The van der Waals surface area contributed by atoms with Crippen LogP contribution in [-0.4, -0.2) is 64.2 Å². The predicted octanol–water partition coefficient (Wildman–Crippen LogP) is 3.19. The Labute approximate surface area is 214 Å². The van der Waals surface area contributed by atoms with Gasteiger partial charge in [-0.2, -0.15) is 0 Å². The first kappa shape index (κ1) is 29.0. The molecule has 2 amide bonds. The van der Waals surface area contributed by atoms with Gasteiger partial charge in [0.25, 0.3) is 0 Å². The van der Waals surface area contributed by atoms with Gasteiger partial charge in [0.2, 0.25) is 21.8 Å². The van der Waals surface area contributed by atoms with E-state index in [0.717, 1.165) is 11.8 Å². The van der Waals surface area contributed by atoms with Gasteiger partial charge in [0, 0.05) is 25.6 Å². The van der Waals surface area contributed by atoms with E-state index in [1.807, 2.05) is 26.0 Å². The minimum atomic E-state index is -3.61. The van der Waals surface area contributed by atoms with E-state index in [0.29, 0.717) is 17.2 Å². The fourth-order valence-corrected chi connectivity index (χ4v) is 4.70. The lowest BCUT2D eigenvalue weighted by Crippen LogP contribution is -2.49. The summed E-state index contributed by atoms with van der Waals surface area (Å²) in [5, 5.41) is 2.86. The van der Waals surface area contributed by atoms with E-state index in [4.69, 9.17) is 9.47 Å². The van der Waals surface area contributed by atoms with Crippen LogP contribution in [0.15, 0.2) is 48.5 Å². The number of benzene rings is 2. The molecular weight excluding hydrogens is 482 g/mol. The smallest absolute Gasteiger partial charge is 0.242 e. The number of sulfonamides is 1. The molecule has 2 aromatic rings. The van der Waals surface area contributed by atoms with Crippen LogP contribution in [0, 0.1) is 0 Å². The molecule has 0 aliphatic rings. The summed E-state index contributed by atoms with van der Waals surface area (Å²) in [7, 11) is -0.562. The van der Waals surface area contributed by atoms with E-state index in [2.05, 4.69) is 5.32 Å². The van der Waals surface area contributed by atoms with Crippen molar-refractivity contribution in [2.75, 3.05) is 31.3 Å². The van der Waals surface area contributed by atoms with Gasteiger partial charge in [-0.1, -0.05) is 24.3 Å². The summed E-state index contributed by atoms with van der Waals surface area (Å²) in [5.74, 6) is 0.623. The molecule has 0 aromatic heterocycles. The normalized spacial score (nSPS) is 12.1. The maximum atomic E-state index is 13.3. The highest BCUT2D eigenvalue weighted by Crippen LogP contribution is 2.29. The molecule has 10 heteroatoms. The van der Waals surface area contributed by atoms with E-state index in [1.165, 1.54) is 16.3 Å². The molecule has 9 nitrogen and oxygen atoms in total. The first-order chi connectivity index (χ1) is 17.0. The standard InChI is InChI=1S/C26H37N3O6S/c1-19(2)27-26(31)20(3)28(18-21-13-15-22(34-4)16-14-21)25(30)12-9-17-29(36(6,32)33)23-10-7-8-11-24(23)35-5/h7-8,10-11,13-16,19-20H,9,12,17-18H2,1-6H3,(H,27,31). The molecule has 36 heavy (non-hydrogen) atoms. The van der Waals surface area contributed by atoms with Crippen molar-refractivity contribution in [2.24, 2.45) is 0 Å². The Balaban J connectivity index is 2.20. The summed E-state index contributed by atoms with van der Waals surface area (Å²) >= 11 is 0. The number of rotatable bonds is 13. The fraction of sp³-hybridized carbons (Fsp3) is 0.462. The average molecular weight is 520 g/mol. The predicted molar refractivity (Wildman–Crippen MR) is 141 cm³/mol. The highest BCUT2D eigenvalue weighted by atomic mass is 32.2. The Morgan fingerprint density at radius 1 is 0.972 bits per heavy atom. The van der Waals surface area contributed by atoms with Crippen molar-refractivity contribution >= 4 is 27.5 Å². The molecular formula is C26H37N3O6S. The number of hydrogen-bond acceptors (Lipinski definition) is 6. The van der Waals surface area contributed by atoms with Gasteiger partial charge >= 0.3 is 0 Å². The summed E-state index contributed by atoms with van der Waals surface area (Å²) in [5.41, 5.74) is 1.26. The van der Waals surface area contributed by atoms with E-state index in [-0.39, 0.29) is 43.8 Å². The lowest BCUT2D eigenvalue weighted by molar-refractivity contribution is -0.140. The molecule has 0 bridgehead atoms. The third kappa shape index (κ3) is 8.15. The van der Waals surface area contributed by atoms with Crippen molar-refractivity contribution in [3.05, 3.63) is 54.1 Å². The van der Waals surface area contributed by atoms with Crippen molar-refractivity contribution in [3.8, 4) is 11.5 Å². The molecule has 0 aliphatic carbocycles. The van der Waals surface area contributed by atoms with Gasteiger partial charge in [-0.05, 0) is 57.0 Å². The summed E-state index contributed by atoms with van der Waals surface area (Å²) in [4.78, 5) is 27.6. The number of methoxy groups -OCH3 is 2. The van der Waals surface area contributed by atoms with Crippen LogP contribution in [0.1, 0.15) is 39.2 Å². The second-order valence-corrected chi connectivity index (χ2v) is 10.7. The van der Waals surface area contributed by atoms with Crippen molar-refractivity contribution in [2.45, 2.75) is 52.2 Å². The number of ether oxygens (including phenoxy) is 2. The number of anilines is 1. The summed E-state index contributed by atoms with van der Waals surface area (Å²) in [6, 6.07) is 13.4. The third-order valence-corrected chi connectivity index (χ3v) is 6.80. The number of carbonyl (C=O) groups excluding carboxylic acids is 2. The van der Waals surface area contributed by atoms with Crippen LogP contribution in [0.2, 0.25) is 0 Å². The first-order valence-corrected chi connectivity index (χ1v) is 13.7. The van der Waals surface area contributed by atoms with Crippen LogP contribution < -0.4 is 19.1 Å². The molecule has 2 rings (SSSR count). The fourth-order valence-electron chi connectivity index (χ4n) is 3.73. The van der Waals surface area contributed by atoms with Crippen molar-refractivity contribution in [1.29, 1.82) is 0 Å². The molecule has 0 spiro atoms. The molecule has 0 saturated carbocycles. The number of nitrogens with zero attached hydrogens (tertiary/aromatic N) is 2. The number of amides is 2. The first-order valence-electron chi connectivity index (χ1n) is 11.8. The molecule has 0 aliphatic heterocycles. The Hall–Kier alpha value is -3.27. The molecule has 0 radical (unpaired) electrons. The van der Waals surface area contributed by atoms with Gasteiger partial charge in [0.1, 0.15) is 17.5 Å². The number of nitrogens with one attached hydrogen (secondary N) is 1. The summed E-state index contributed by atoms with van der Waals surface area (Å²) in [6.07, 6.45) is 1.45. The highest BCUT2D eigenvalue weighted by molar-refractivity contribution is 7.92. The number of hydrogen-bond donors (Lipinski definition) is 1. The average Bonchev–Trinajstić information content (AvgIpc) is 2.83. The lowest BCUT2D eigenvalue weighted by Gasteiger charge is -2.30. The lowest BCUT2D eigenvalue weighted by atomic mass is 10.1. The van der Waals surface area contributed by atoms with Gasteiger partial charge in [0.05, 0.1) is 26.2 Å². The summed E-state index contributed by atoms with van der Waals surface area (Å²) in [6.45, 7) is 5.73. The molecule has 0 saturated heterocycles. The number of carbonyl (C=O) groups is 2. The van der Waals surface area contributed by atoms with Gasteiger partial charge < -0.3 is 19.7 Å². The molecule has 2 aromatic carbocycles. The van der Waals surface area contributed by atoms with Crippen LogP contribution in [0.4, 0.5) is 5.69 Å². The Bertz CT molecular complexity index is 1120. The zero-order valence-electron chi connectivity index (χ0n) is 21.9. The molecule has 0 fully saturated rings. The molecule has 198 valence electrons. The Kier molecular flexibility index (Phi) is 10.6. The maximum Gasteiger partial charge on any atom is 0.242 e. The monoisotopic (exact) mass is 519 g/mol. The van der Waals surface area contributed by atoms with Gasteiger partial charge in [0.15, 0.2) is 0 Å². The molecule has 1 N–H and O–H groups in total. The minimum Gasteiger partial charge on any atom is -0.497 e. The quantitative estimate of drug-likeness (QED) is 0.436. The van der Waals surface area contributed by atoms with Crippen LogP contribution >= 0.6 is 0 Å². The minimum absolute atomic E-state index is 0.0661. The van der Waals surface area contributed by atoms with Crippen LogP contribution in [-0.2, 0) is 26.2 Å². The van der Waals surface area contributed by atoms with Crippen LogP contribution in [0.25, 0.3) is 0 Å². The van der Waals surface area contributed by atoms with Crippen molar-refractivity contribution in [3.63, 3.8) is 0 Å². The van der Waals surface area contributed by atoms with Crippen LogP contribution in [0.3, 0.4) is 0 Å². The second-order valence-electron chi connectivity index (χ2n) is 8.82. The SMILES string of the molecule is COc1ccc(CN(C(=O)CCCN(c2ccccc2OC)S(C)(=O)=O)C(C)C(=O)NC(C)C)cc1. The highest BCUT2D eigenvalue weighted by Gasteiger charge is 2.27. The van der Waals surface area contributed by atoms with Gasteiger partial charge in [-0.25, -0.2) is 8.42 Å². The summed E-state index contributed by atoms with van der Waals surface area (Å²) < 4.78 is 36.8. The van der Waals surface area contributed by atoms with E-state index in [9.17, 15) is 18.0 Å². The largest absolute Gasteiger partial charge is 0.497 e. The topological polar surface area (TPSA) is 105 Å². The number of para-hydroxylation sites is 2. The van der Waals surface area contributed by atoms with Gasteiger partial charge in [-0.3, -0.25) is 13.9 Å². The van der Waals surface area contributed by atoms with Gasteiger partial charge in [-0.15, -0.1) is 0 Å². The van der Waals surface area contributed by atoms with E-state index >= 15 is 0 Å². The van der Waals surface area contributed by atoms with Crippen molar-refractivity contribution in [1.82, 2.24) is 10.2 Å². The van der Waals surface area contributed by atoms with E-state index < -0.39 is 16.1 Å². The Morgan fingerprint density at radius 2 is 1.61 bits per heavy atom. The Morgan fingerprint density at radius 3 is 2.17 bits per heavy atom. The molecule has 0 heterocycles. The molecule has 1 unspecified atom stereocenters. The second kappa shape index (κ2) is 13.2. The zero-order valence-corrected chi connectivity index (χ0v) is 22.7.